The summed E-state index contributed by atoms with van der Waals surface area (Å²) in [5.74, 6) is -1.26. The molecule has 0 aromatic heterocycles. The van der Waals surface area contributed by atoms with Crippen molar-refractivity contribution < 1.29 is 14.0 Å². The summed E-state index contributed by atoms with van der Waals surface area (Å²) in [6, 6.07) is 8.77. The van der Waals surface area contributed by atoms with Crippen molar-refractivity contribution in [1.29, 1.82) is 0 Å². The highest BCUT2D eigenvalue weighted by atomic mass is 79.9. The lowest BCUT2D eigenvalue weighted by Crippen LogP contribution is -2.29. The van der Waals surface area contributed by atoms with Crippen molar-refractivity contribution in [2.45, 2.75) is 6.54 Å². The Hall–Kier alpha value is -2.21. The largest absolute Gasteiger partial charge is 0.398 e. The van der Waals surface area contributed by atoms with Crippen LogP contribution in [-0.4, -0.2) is 16.7 Å². The third kappa shape index (κ3) is 2.31. The second-order valence-corrected chi connectivity index (χ2v) is 5.65. The fraction of sp³-hybridized carbons (Fsp3) is 0.0667. The maximum atomic E-state index is 13.3. The number of rotatable bonds is 2. The number of carbonyl (C=O) groups is 2. The van der Waals surface area contributed by atoms with Crippen molar-refractivity contribution in [1.82, 2.24) is 4.90 Å². The lowest BCUT2D eigenvalue weighted by Gasteiger charge is -2.15. The molecule has 2 N–H and O–H groups in total. The van der Waals surface area contributed by atoms with E-state index in [9.17, 15) is 14.0 Å². The first-order chi connectivity index (χ1) is 9.97. The molecule has 0 bridgehead atoms. The molecular weight excluding hydrogens is 339 g/mol. The molecule has 2 amide bonds. The molecule has 0 atom stereocenters. The number of benzene rings is 2. The molecule has 2 aromatic rings. The van der Waals surface area contributed by atoms with Gasteiger partial charge in [-0.3, -0.25) is 14.5 Å². The van der Waals surface area contributed by atoms with Gasteiger partial charge in [0.15, 0.2) is 0 Å². The molecule has 1 aliphatic rings. The smallest absolute Gasteiger partial charge is 0.261 e. The number of halogens is 2. The van der Waals surface area contributed by atoms with E-state index in [4.69, 9.17) is 5.73 Å². The van der Waals surface area contributed by atoms with E-state index in [1.807, 2.05) is 0 Å². The summed E-state index contributed by atoms with van der Waals surface area (Å²) in [6.07, 6.45) is 0. The predicted octanol–water partition coefficient (Wildman–Crippen LogP) is 2.97. The molecule has 0 fully saturated rings. The van der Waals surface area contributed by atoms with Crippen molar-refractivity contribution in [3.63, 3.8) is 0 Å². The van der Waals surface area contributed by atoms with Gasteiger partial charge in [-0.25, -0.2) is 4.39 Å². The first-order valence-electron chi connectivity index (χ1n) is 6.17. The van der Waals surface area contributed by atoms with Gasteiger partial charge in [-0.1, -0.05) is 15.9 Å². The van der Waals surface area contributed by atoms with Gasteiger partial charge in [0, 0.05) is 10.2 Å². The third-order valence-electron chi connectivity index (χ3n) is 3.37. The van der Waals surface area contributed by atoms with Crippen LogP contribution in [0.5, 0.6) is 0 Å². The zero-order valence-electron chi connectivity index (χ0n) is 10.8. The van der Waals surface area contributed by atoms with Crippen LogP contribution in [0.2, 0.25) is 0 Å². The minimum atomic E-state index is -0.460. The first kappa shape index (κ1) is 13.8. The van der Waals surface area contributed by atoms with Gasteiger partial charge < -0.3 is 5.73 Å². The highest BCUT2D eigenvalue weighted by molar-refractivity contribution is 9.10. The van der Waals surface area contributed by atoms with Crippen LogP contribution in [0.3, 0.4) is 0 Å². The molecule has 106 valence electrons. The lowest BCUT2D eigenvalue weighted by atomic mass is 10.1. The summed E-state index contributed by atoms with van der Waals surface area (Å²) >= 11 is 3.27. The molecule has 0 aliphatic carbocycles. The number of imide groups is 1. The maximum Gasteiger partial charge on any atom is 0.261 e. The average molecular weight is 349 g/mol. The van der Waals surface area contributed by atoms with Crippen LogP contribution in [0.4, 0.5) is 10.1 Å². The highest BCUT2D eigenvalue weighted by Gasteiger charge is 2.35. The van der Waals surface area contributed by atoms with E-state index in [-0.39, 0.29) is 6.54 Å². The maximum absolute atomic E-state index is 13.3. The fourth-order valence-corrected chi connectivity index (χ4v) is 2.65. The summed E-state index contributed by atoms with van der Waals surface area (Å²) in [5.41, 5.74) is 7.19. The number of fused-ring (bicyclic) bond motifs is 1. The van der Waals surface area contributed by atoms with E-state index in [0.29, 0.717) is 22.4 Å². The minimum absolute atomic E-state index is 0.0481. The second kappa shape index (κ2) is 4.96. The van der Waals surface area contributed by atoms with Crippen LogP contribution < -0.4 is 5.73 Å². The van der Waals surface area contributed by atoms with E-state index in [2.05, 4.69) is 15.9 Å². The molecular formula is C15H10BrFN2O2. The van der Waals surface area contributed by atoms with Gasteiger partial charge in [0.2, 0.25) is 0 Å². The number of hydrogen-bond acceptors (Lipinski definition) is 3. The predicted molar refractivity (Wildman–Crippen MR) is 79.2 cm³/mol. The van der Waals surface area contributed by atoms with Crippen molar-refractivity contribution in [3.8, 4) is 0 Å². The quantitative estimate of drug-likeness (QED) is 0.670. The zero-order valence-corrected chi connectivity index (χ0v) is 12.4. The summed E-state index contributed by atoms with van der Waals surface area (Å²) in [4.78, 5) is 25.7. The standard InChI is InChI=1S/C15H10BrFN2O2/c16-9-1-3-11-12(6-9)15(21)19(14(11)20)7-8-5-10(17)2-4-13(8)18/h1-6H,7,18H2. The summed E-state index contributed by atoms with van der Waals surface area (Å²) in [6.45, 7) is -0.0481. The van der Waals surface area contributed by atoms with Crippen molar-refractivity contribution >= 4 is 33.4 Å². The van der Waals surface area contributed by atoms with Gasteiger partial charge in [0.05, 0.1) is 17.7 Å². The van der Waals surface area contributed by atoms with Gasteiger partial charge in [0.1, 0.15) is 5.82 Å². The molecule has 0 spiro atoms. The SMILES string of the molecule is Nc1ccc(F)cc1CN1C(=O)c2ccc(Br)cc2C1=O. The molecule has 4 nitrogen and oxygen atoms in total. The third-order valence-corrected chi connectivity index (χ3v) is 3.86. The van der Waals surface area contributed by atoms with E-state index in [1.54, 1.807) is 18.2 Å². The van der Waals surface area contributed by atoms with E-state index < -0.39 is 17.6 Å². The Morgan fingerprint density at radius 1 is 1.05 bits per heavy atom. The van der Waals surface area contributed by atoms with E-state index >= 15 is 0 Å². The van der Waals surface area contributed by atoms with Crippen LogP contribution in [0.15, 0.2) is 40.9 Å². The van der Waals surface area contributed by atoms with E-state index in [1.165, 1.54) is 18.2 Å². The molecule has 0 saturated heterocycles. The molecule has 0 radical (unpaired) electrons. The van der Waals surface area contributed by atoms with Gasteiger partial charge in [-0.05, 0) is 42.0 Å². The summed E-state index contributed by atoms with van der Waals surface area (Å²) < 4.78 is 14.0. The highest BCUT2D eigenvalue weighted by Crippen LogP contribution is 2.28. The molecule has 3 rings (SSSR count). The molecule has 0 saturated carbocycles. The van der Waals surface area contributed by atoms with Gasteiger partial charge in [0.25, 0.3) is 11.8 Å². The Morgan fingerprint density at radius 2 is 1.76 bits per heavy atom. The number of amides is 2. The summed E-state index contributed by atoms with van der Waals surface area (Å²) in [5, 5.41) is 0. The summed E-state index contributed by atoms with van der Waals surface area (Å²) in [7, 11) is 0. The zero-order chi connectivity index (χ0) is 15.1. The van der Waals surface area contributed by atoms with E-state index in [0.717, 1.165) is 9.37 Å². The van der Waals surface area contributed by atoms with Crippen LogP contribution in [-0.2, 0) is 6.54 Å². The Kier molecular flexibility index (Phi) is 3.25. The number of nitrogen functional groups attached to an aromatic ring is 1. The molecule has 2 aromatic carbocycles. The average Bonchev–Trinajstić information content (AvgIpc) is 2.67. The molecule has 21 heavy (non-hydrogen) atoms. The lowest BCUT2D eigenvalue weighted by molar-refractivity contribution is 0.0642. The Morgan fingerprint density at radius 3 is 2.52 bits per heavy atom. The van der Waals surface area contributed by atoms with Gasteiger partial charge >= 0.3 is 0 Å². The molecule has 1 heterocycles. The van der Waals surface area contributed by atoms with Gasteiger partial charge in [-0.2, -0.15) is 0 Å². The molecule has 6 heteroatoms. The Labute approximate surface area is 128 Å². The van der Waals surface area contributed by atoms with Crippen molar-refractivity contribution in [2.75, 3.05) is 5.73 Å². The Balaban J connectivity index is 1.97. The monoisotopic (exact) mass is 348 g/mol. The fourth-order valence-electron chi connectivity index (χ4n) is 2.29. The number of nitrogens with zero attached hydrogens (tertiary/aromatic N) is 1. The first-order valence-corrected chi connectivity index (χ1v) is 6.96. The molecule has 0 unspecified atom stereocenters. The number of anilines is 1. The topological polar surface area (TPSA) is 63.4 Å². The van der Waals surface area contributed by atoms with Gasteiger partial charge in [-0.15, -0.1) is 0 Å². The normalized spacial score (nSPS) is 13.7. The van der Waals surface area contributed by atoms with Crippen LogP contribution in [0.1, 0.15) is 26.3 Å². The van der Waals surface area contributed by atoms with Crippen molar-refractivity contribution in [3.05, 3.63) is 63.4 Å². The number of hydrogen-bond donors (Lipinski definition) is 1. The second-order valence-electron chi connectivity index (χ2n) is 4.73. The number of carbonyl (C=O) groups excluding carboxylic acids is 2. The molecule has 1 aliphatic heterocycles. The minimum Gasteiger partial charge on any atom is -0.398 e. The number of nitrogens with two attached hydrogens (primary N) is 1. The van der Waals surface area contributed by atoms with Crippen LogP contribution >= 0.6 is 15.9 Å². The van der Waals surface area contributed by atoms with Crippen LogP contribution in [0, 0.1) is 5.82 Å². The van der Waals surface area contributed by atoms with Crippen molar-refractivity contribution in [2.24, 2.45) is 0 Å². The Bertz CT molecular complexity index is 776. The van der Waals surface area contributed by atoms with Crippen LogP contribution in [0.25, 0.3) is 0 Å².